The molecule has 1 spiro atoms. The molecular formula is C15H27ClN2O. The van der Waals surface area contributed by atoms with Crippen molar-refractivity contribution in [1.82, 2.24) is 10.2 Å². The topological polar surface area (TPSA) is 32.3 Å². The van der Waals surface area contributed by atoms with Gasteiger partial charge in [0.2, 0.25) is 5.91 Å². The fraction of sp³-hybridized carbons (Fsp3) is 0.933. The highest BCUT2D eigenvalue weighted by atomic mass is 35.5. The van der Waals surface area contributed by atoms with Gasteiger partial charge in [0.25, 0.3) is 0 Å². The molecule has 0 bridgehead atoms. The van der Waals surface area contributed by atoms with E-state index in [0.717, 1.165) is 32.0 Å². The quantitative estimate of drug-likeness (QED) is 0.864. The molecule has 3 nitrogen and oxygen atoms in total. The normalized spacial score (nSPS) is 29.0. The van der Waals surface area contributed by atoms with Crippen molar-refractivity contribution in [2.75, 3.05) is 26.7 Å². The molecule has 0 radical (unpaired) electrons. The van der Waals surface area contributed by atoms with Gasteiger partial charge in [-0.2, -0.15) is 0 Å². The summed E-state index contributed by atoms with van der Waals surface area (Å²) in [6.07, 6.45) is 8.97. The largest absolute Gasteiger partial charge is 0.345 e. The van der Waals surface area contributed by atoms with Gasteiger partial charge in [-0.1, -0.05) is 12.8 Å². The van der Waals surface area contributed by atoms with Gasteiger partial charge in [0, 0.05) is 19.5 Å². The molecule has 1 heterocycles. The van der Waals surface area contributed by atoms with Crippen LogP contribution in [0.3, 0.4) is 0 Å². The highest BCUT2D eigenvalue weighted by Crippen LogP contribution is 2.59. The molecule has 0 aromatic rings. The Morgan fingerprint density at radius 2 is 1.89 bits per heavy atom. The van der Waals surface area contributed by atoms with Crippen LogP contribution >= 0.6 is 12.4 Å². The minimum absolute atomic E-state index is 0. The van der Waals surface area contributed by atoms with Crippen molar-refractivity contribution in [3.63, 3.8) is 0 Å². The summed E-state index contributed by atoms with van der Waals surface area (Å²) in [7, 11) is 2.02. The summed E-state index contributed by atoms with van der Waals surface area (Å²) in [6.45, 7) is 3.22. The van der Waals surface area contributed by atoms with E-state index in [4.69, 9.17) is 0 Å². The van der Waals surface area contributed by atoms with E-state index in [1.165, 1.54) is 38.5 Å². The predicted molar refractivity (Wildman–Crippen MR) is 79.5 cm³/mol. The Morgan fingerprint density at radius 3 is 2.53 bits per heavy atom. The molecule has 1 N–H and O–H groups in total. The van der Waals surface area contributed by atoms with Crippen LogP contribution in [0.2, 0.25) is 0 Å². The number of hydrogen-bond donors (Lipinski definition) is 1. The van der Waals surface area contributed by atoms with Crippen molar-refractivity contribution < 1.29 is 4.79 Å². The van der Waals surface area contributed by atoms with Crippen molar-refractivity contribution in [1.29, 1.82) is 0 Å². The van der Waals surface area contributed by atoms with Gasteiger partial charge in [-0.15, -0.1) is 12.4 Å². The molecule has 1 aliphatic heterocycles. The number of carbonyl (C=O) groups is 1. The fourth-order valence-corrected chi connectivity index (χ4v) is 4.11. The molecule has 0 aromatic carbocycles. The van der Waals surface area contributed by atoms with Crippen molar-refractivity contribution in [2.45, 2.75) is 44.9 Å². The van der Waals surface area contributed by atoms with E-state index < -0.39 is 0 Å². The fourth-order valence-electron chi connectivity index (χ4n) is 4.11. The zero-order chi connectivity index (χ0) is 12.6. The van der Waals surface area contributed by atoms with Crippen LogP contribution in [0, 0.1) is 17.3 Å². The lowest BCUT2D eigenvalue weighted by atomic mass is 9.91. The molecule has 3 rings (SSSR count). The highest BCUT2D eigenvalue weighted by molar-refractivity contribution is 5.85. The maximum Gasteiger partial charge on any atom is 0.226 e. The Labute approximate surface area is 122 Å². The molecule has 3 fully saturated rings. The maximum absolute atomic E-state index is 12.5. The Balaban J connectivity index is 0.00000133. The van der Waals surface area contributed by atoms with E-state index in [1.807, 2.05) is 11.9 Å². The lowest BCUT2D eigenvalue weighted by Crippen LogP contribution is -2.36. The van der Waals surface area contributed by atoms with Crippen molar-refractivity contribution in [3.8, 4) is 0 Å². The summed E-state index contributed by atoms with van der Waals surface area (Å²) in [4.78, 5) is 14.5. The number of piperidine rings is 1. The second-order valence-electron chi connectivity index (χ2n) is 6.74. The monoisotopic (exact) mass is 286 g/mol. The van der Waals surface area contributed by atoms with Crippen molar-refractivity contribution in [3.05, 3.63) is 0 Å². The Morgan fingerprint density at radius 1 is 1.26 bits per heavy atom. The van der Waals surface area contributed by atoms with Crippen LogP contribution in [0.5, 0.6) is 0 Å². The number of rotatable bonds is 3. The third kappa shape index (κ3) is 3.08. The molecule has 19 heavy (non-hydrogen) atoms. The summed E-state index contributed by atoms with van der Waals surface area (Å²) in [6, 6.07) is 0. The van der Waals surface area contributed by atoms with Crippen LogP contribution in [-0.2, 0) is 4.79 Å². The number of carbonyl (C=O) groups excluding carboxylic acids is 1. The van der Waals surface area contributed by atoms with E-state index in [0.29, 0.717) is 17.2 Å². The summed E-state index contributed by atoms with van der Waals surface area (Å²) in [5, 5.41) is 3.40. The first-order valence-corrected chi connectivity index (χ1v) is 7.67. The van der Waals surface area contributed by atoms with Gasteiger partial charge in [0.15, 0.2) is 0 Å². The lowest BCUT2D eigenvalue weighted by molar-refractivity contribution is -0.132. The molecule has 4 heteroatoms. The smallest absolute Gasteiger partial charge is 0.226 e. The van der Waals surface area contributed by atoms with Crippen LogP contribution in [0.4, 0.5) is 0 Å². The summed E-state index contributed by atoms with van der Waals surface area (Å²) >= 11 is 0. The van der Waals surface area contributed by atoms with E-state index in [9.17, 15) is 4.79 Å². The highest BCUT2D eigenvalue weighted by Gasteiger charge is 2.58. The first-order chi connectivity index (χ1) is 8.71. The van der Waals surface area contributed by atoms with Crippen LogP contribution in [0.25, 0.3) is 0 Å². The number of halogens is 1. The third-order valence-electron chi connectivity index (χ3n) is 5.47. The molecule has 3 aliphatic rings. The van der Waals surface area contributed by atoms with Crippen LogP contribution in [0.1, 0.15) is 44.9 Å². The standard InChI is InChI=1S/C15H26N2O.ClH/c1-17(11-12-4-2-3-5-12)14(18)13-10-15(13)6-8-16-9-7-15;/h12-13,16H,2-11H2,1H3;1H. The molecular weight excluding hydrogens is 260 g/mol. The molecule has 2 aliphatic carbocycles. The van der Waals surface area contributed by atoms with Crippen LogP contribution < -0.4 is 5.32 Å². The summed E-state index contributed by atoms with van der Waals surface area (Å²) < 4.78 is 0. The van der Waals surface area contributed by atoms with Gasteiger partial charge in [0.1, 0.15) is 0 Å². The molecule has 1 saturated heterocycles. The zero-order valence-electron chi connectivity index (χ0n) is 12.0. The SMILES string of the molecule is CN(CC1CCCC1)C(=O)C1CC12CCNCC2.Cl. The number of hydrogen-bond acceptors (Lipinski definition) is 2. The van der Waals surface area contributed by atoms with Gasteiger partial charge >= 0.3 is 0 Å². The number of amides is 1. The molecule has 1 atom stereocenters. The van der Waals surface area contributed by atoms with Crippen molar-refractivity contribution >= 4 is 18.3 Å². The van der Waals surface area contributed by atoms with E-state index in [-0.39, 0.29) is 12.4 Å². The number of nitrogens with one attached hydrogen (secondary N) is 1. The predicted octanol–water partition coefficient (Wildman–Crippen LogP) is 2.45. The Hall–Kier alpha value is -0.280. The van der Waals surface area contributed by atoms with Gasteiger partial charge in [-0.25, -0.2) is 0 Å². The minimum Gasteiger partial charge on any atom is -0.345 e. The first-order valence-electron chi connectivity index (χ1n) is 7.67. The molecule has 0 aromatic heterocycles. The molecule has 1 amide bonds. The maximum atomic E-state index is 12.5. The Kier molecular flexibility index (Phi) is 4.78. The van der Waals surface area contributed by atoms with Crippen LogP contribution in [0.15, 0.2) is 0 Å². The van der Waals surface area contributed by atoms with E-state index >= 15 is 0 Å². The van der Waals surface area contributed by atoms with Crippen LogP contribution in [-0.4, -0.2) is 37.5 Å². The minimum atomic E-state index is 0. The average Bonchev–Trinajstić information content (AvgIpc) is 2.84. The summed E-state index contributed by atoms with van der Waals surface area (Å²) in [5.74, 6) is 1.57. The third-order valence-corrected chi connectivity index (χ3v) is 5.47. The lowest BCUT2D eigenvalue weighted by Gasteiger charge is -2.26. The van der Waals surface area contributed by atoms with Gasteiger partial charge in [0.05, 0.1) is 0 Å². The van der Waals surface area contributed by atoms with E-state index in [2.05, 4.69) is 5.32 Å². The van der Waals surface area contributed by atoms with E-state index in [1.54, 1.807) is 0 Å². The summed E-state index contributed by atoms with van der Waals surface area (Å²) in [5.41, 5.74) is 0.395. The van der Waals surface area contributed by atoms with Crippen molar-refractivity contribution in [2.24, 2.45) is 17.3 Å². The first kappa shape index (κ1) is 15.1. The number of nitrogens with zero attached hydrogens (tertiary/aromatic N) is 1. The molecule has 1 unspecified atom stereocenters. The second-order valence-corrected chi connectivity index (χ2v) is 6.74. The van der Waals surface area contributed by atoms with Gasteiger partial charge < -0.3 is 10.2 Å². The zero-order valence-corrected chi connectivity index (χ0v) is 12.8. The molecule has 2 saturated carbocycles. The Bertz CT molecular complexity index is 322. The van der Waals surface area contributed by atoms with Gasteiger partial charge in [-0.3, -0.25) is 4.79 Å². The second kappa shape index (κ2) is 6.01. The average molecular weight is 287 g/mol. The van der Waals surface area contributed by atoms with Gasteiger partial charge in [-0.05, 0) is 56.5 Å². The molecule has 110 valence electrons.